The topological polar surface area (TPSA) is 53.1 Å². The van der Waals surface area contributed by atoms with Gasteiger partial charge in [-0.15, -0.1) is 0 Å². The van der Waals surface area contributed by atoms with Gasteiger partial charge in [0.2, 0.25) is 0 Å². The van der Waals surface area contributed by atoms with E-state index < -0.39 is 0 Å². The molecule has 1 saturated heterocycles. The highest BCUT2D eigenvalue weighted by Gasteiger charge is 2.23. The Kier molecular flexibility index (Phi) is 4.71. The number of likely N-dealkylation sites (N-methyl/N-ethyl adjacent to an activating group) is 1. The molecule has 0 amide bonds. The van der Waals surface area contributed by atoms with Gasteiger partial charge < -0.3 is 15.5 Å². The lowest BCUT2D eigenvalue weighted by Gasteiger charge is -2.23. The van der Waals surface area contributed by atoms with Crippen molar-refractivity contribution >= 4 is 11.6 Å². The molecule has 0 aliphatic carbocycles. The second kappa shape index (κ2) is 6.18. The molecule has 1 aliphatic heterocycles. The summed E-state index contributed by atoms with van der Waals surface area (Å²) in [6.07, 6.45) is 2.55. The molecule has 1 fully saturated rings. The lowest BCUT2D eigenvalue weighted by molar-refractivity contribution is 0.322. The standard InChI is InChI=1S/C16H29N5/c1-11-13(17-5)19-15(16(2,3)4)20-14(11)18-10-12-8-7-9-21(12)6/h12H,7-10H2,1-6H3,(H2,17,18,19,20). The first-order valence-electron chi connectivity index (χ1n) is 7.84. The highest BCUT2D eigenvalue weighted by atomic mass is 15.2. The highest BCUT2D eigenvalue weighted by Crippen LogP contribution is 2.26. The van der Waals surface area contributed by atoms with Gasteiger partial charge in [-0.2, -0.15) is 0 Å². The first-order chi connectivity index (χ1) is 9.82. The molecule has 2 N–H and O–H groups in total. The van der Waals surface area contributed by atoms with Crippen LogP contribution < -0.4 is 10.6 Å². The van der Waals surface area contributed by atoms with Crippen molar-refractivity contribution in [3.05, 3.63) is 11.4 Å². The summed E-state index contributed by atoms with van der Waals surface area (Å²) in [7, 11) is 4.11. The summed E-state index contributed by atoms with van der Waals surface area (Å²) in [4.78, 5) is 11.8. The predicted octanol–water partition coefficient (Wildman–Crippen LogP) is 2.63. The van der Waals surface area contributed by atoms with Gasteiger partial charge in [-0.1, -0.05) is 20.8 Å². The molecule has 0 radical (unpaired) electrons. The number of nitrogens with zero attached hydrogens (tertiary/aromatic N) is 3. The Hall–Kier alpha value is -1.36. The quantitative estimate of drug-likeness (QED) is 0.893. The lowest BCUT2D eigenvalue weighted by atomic mass is 9.95. The molecule has 0 aromatic carbocycles. The van der Waals surface area contributed by atoms with Gasteiger partial charge in [-0.05, 0) is 33.4 Å². The number of hydrogen-bond acceptors (Lipinski definition) is 5. The third-order valence-electron chi connectivity index (χ3n) is 4.23. The average molecular weight is 291 g/mol. The highest BCUT2D eigenvalue weighted by molar-refractivity contribution is 5.57. The van der Waals surface area contributed by atoms with E-state index in [1.54, 1.807) is 0 Å². The summed E-state index contributed by atoms with van der Waals surface area (Å²) in [6, 6.07) is 0.607. The fraction of sp³-hybridized carbons (Fsp3) is 0.750. The summed E-state index contributed by atoms with van der Waals surface area (Å²) in [5.74, 6) is 2.75. The Morgan fingerprint density at radius 3 is 2.43 bits per heavy atom. The Morgan fingerprint density at radius 1 is 1.24 bits per heavy atom. The first kappa shape index (κ1) is 16.0. The third-order valence-corrected chi connectivity index (χ3v) is 4.23. The van der Waals surface area contributed by atoms with Gasteiger partial charge in [0.05, 0.1) is 0 Å². The summed E-state index contributed by atoms with van der Waals surface area (Å²) >= 11 is 0. The molecule has 0 spiro atoms. The molecular formula is C16H29N5. The number of anilines is 2. The molecular weight excluding hydrogens is 262 g/mol. The van der Waals surface area contributed by atoms with E-state index in [0.29, 0.717) is 6.04 Å². The monoisotopic (exact) mass is 291 g/mol. The Balaban J connectivity index is 2.21. The number of hydrogen-bond donors (Lipinski definition) is 2. The van der Waals surface area contributed by atoms with Crippen LogP contribution in [0.5, 0.6) is 0 Å². The zero-order chi connectivity index (χ0) is 15.6. The summed E-state index contributed by atoms with van der Waals surface area (Å²) in [5, 5.41) is 6.72. The Morgan fingerprint density at radius 2 is 1.90 bits per heavy atom. The predicted molar refractivity (Wildman–Crippen MR) is 89.2 cm³/mol. The summed E-state index contributed by atoms with van der Waals surface area (Å²) < 4.78 is 0. The van der Waals surface area contributed by atoms with Crippen LogP contribution in [0.1, 0.15) is 45.0 Å². The van der Waals surface area contributed by atoms with Crippen LogP contribution in [0.2, 0.25) is 0 Å². The Bertz CT molecular complexity index is 492. The molecule has 5 nitrogen and oxygen atoms in total. The van der Waals surface area contributed by atoms with Gasteiger partial charge >= 0.3 is 0 Å². The molecule has 1 aromatic heterocycles. The van der Waals surface area contributed by atoms with Crippen molar-refractivity contribution in [1.82, 2.24) is 14.9 Å². The van der Waals surface area contributed by atoms with E-state index in [4.69, 9.17) is 4.98 Å². The van der Waals surface area contributed by atoms with Crippen molar-refractivity contribution in [2.45, 2.75) is 52.0 Å². The van der Waals surface area contributed by atoms with E-state index >= 15 is 0 Å². The number of rotatable bonds is 4. The van der Waals surface area contributed by atoms with Gasteiger partial charge in [0.1, 0.15) is 17.5 Å². The maximum absolute atomic E-state index is 4.76. The van der Waals surface area contributed by atoms with Crippen LogP contribution in [0.3, 0.4) is 0 Å². The molecule has 21 heavy (non-hydrogen) atoms. The molecule has 1 atom stereocenters. The molecule has 1 aromatic rings. The fourth-order valence-electron chi connectivity index (χ4n) is 2.72. The van der Waals surface area contributed by atoms with E-state index in [0.717, 1.165) is 29.6 Å². The molecule has 0 saturated carbocycles. The van der Waals surface area contributed by atoms with Crippen LogP contribution >= 0.6 is 0 Å². The van der Waals surface area contributed by atoms with Gasteiger partial charge in [0.15, 0.2) is 0 Å². The van der Waals surface area contributed by atoms with Crippen molar-refractivity contribution in [3.8, 4) is 0 Å². The number of nitrogens with one attached hydrogen (secondary N) is 2. The number of aromatic nitrogens is 2. The fourth-order valence-corrected chi connectivity index (χ4v) is 2.72. The second-order valence-electron chi connectivity index (χ2n) is 7.03. The minimum Gasteiger partial charge on any atom is -0.373 e. The maximum Gasteiger partial charge on any atom is 0.138 e. The molecule has 2 heterocycles. The summed E-state index contributed by atoms with van der Waals surface area (Å²) in [5.41, 5.74) is 1.03. The third kappa shape index (κ3) is 3.64. The van der Waals surface area contributed by atoms with E-state index in [1.165, 1.54) is 19.4 Å². The van der Waals surface area contributed by atoms with Gasteiger partial charge in [0, 0.05) is 30.6 Å². The largest absolute Gasteiger partial charge is 0.373 e. The van der Waals surface area contributed by atoms with Crippen molar-refractivity contribution in [1.29, 1.82) is 0 Å². The smallest absolute Gasteiger partial charge is 0.138 e. The van der Waals surface area contributed by atoms with E-state index in [1.807, 2.05) is 7.05 Å². The maximum atomic E-state index is 4.76. The van der Waals surface area contributed by atoms with Crippen LogP contribution in [0.25, 0.3) is 0 Å². The van der Waals surface area contributed by atoms with Crippen molar-refractivity contribution in [2.24, 2.45) is 0 Å². The van der Waals surface area contributed by atoms with Crippen LogP contribution in [0.4, 0.5) is 11.6 Å². The van der Waals surface area contributed by atoms with Crippen LogP contribution in [-0.2, 0) is 5.41 Å². The SMILES string of the molecule is CNc1nc(C(C)(C)C)nc(NCC2CCCN2C)c1C. The summed E-state index contributed by atoms with van der Waals surface area (Å²) in [6.45, 7) is 10.6. The average Bonchev–Trinajstić information content (AvgIpc) is 2.82. The first-order valence-corrected chi connectivity index (χ1v) is 7.84. The van der Waals surface area contributed by atoms with Crippen molar-refractivity contribution < 1.29 is 0 Å². The molecule has 118 valence electrons. The van der Waals surface area contributed by atoms with Crippen LogP contribution in [0.15, 0.2) is 0 Å². The van der Waals surface area contributed by atoms with Crippen molar-refractivity contribution in [2.75, 3.05) is 37.8 Å². The molecule has 2 rings (SSSR count). The van der Waals surface area contributed by atoms with Gasteiger partial charge in [0.25, 0.3) is 0 Å². The Labute approximate surface area is 128 Å². The lowest BCUT2D eigenvalue weighted by Crippen LogP contribution is -2.32. The van der Waals surface area contributed by atoms with E-state index in [9.17, 15) is 0 Å². The van der Waals surface area contributed by atoms with Gasteiger partial charge in [-0.3, -0.25) is 0 Å². The van der Waals surface area contributed by atoms with Crippen molar-refractivity contribution in [3.63, 3.8) is 0 Å². The number of likely N-dealkylation sites (tertiary alicyclic amines) is 1. The zero-order valence-corrected chi connectivity index (χ0v) is 14.2. The van der Waals surface area contributed by atoms with Gasteiger partial charge in [-0.25, -0.2) is 9.97 Å². The molecule has 0 bridgehead atoms. The van der Waals surface area contributed by atoms with Crippen LogP contribution in [0, 0.1) is 6.92 Å². The minimum atomic E-state index is -0.0557. The normalized spacial score (nSPS) is 19.8. The molecule has 1 unspecified atom stereocenters. The minimum absolute atomic E-state index is 0.0557. The molecule has 1 aliphatic rings. The second-order valence-corrected chi connectivity index (χ2v) is 7.03. The zero-order valence-electron chi connectivity index (χ0n) is 14.2. The van der Waals surface area contributed by atoms with Crippen LogP contribution in [-0.4, -0.2) is 48.1 Å². The van der Waals surface area contributed by atoms with E-state index in [-0.39, 0.29) is 5.41 Å². The van der Waals surface area contributed by atoms with E-state index in [2.05, 4.69) is 55.3 Å². The molecule has 5 heteroatoms.